The molecule has 1 N–H and O–H groups in total. The minimum absolute atomic E-state index is 0.144. The Morgan fingerprint density at radius 3 is 2.61 bits per heavy atom. The summed E-state index contributed by atoms with van der Waals surface area (Å²) in [6.45, 7) is 3.96. The van der Waals surface area contributed by atoms with Crippen molar-refractivity contribution in [2.45, 2.75) is 26.3 Å². The van der Waals surface area contributed by atoms with Crippen LogP contribution in [0.1, 0.15) is 33.8 Å². The summed E-state index contributed by atoms with van der Waals surface area (Å²) in [7, 11) is 1.94. The zero-order chi connectivity index (χ0) is 13.1. The molecule has 1 heterocycles. The Balaban J connectivity index is 2.35. The van der Waals surface area contributed by atoms with E-state index in [1.54, 1.807) is 13.0 Å². The van der Waals surface area contributed by atoms with Gasteiger partial charge in [0.15, 0.2) is 0 Å². The van der Waals surface area contributed by atoms with Crippen LogP contribution in [0.4, 0.5) is 4.39 Å². The van der Waals surface area contributed by atoms with E-state index in [4.69, 9.17) is 0 Å². The van der Waals surface area contributed by atoms with Crippen molar-refractivity contribution >= 4 is 11.3 Å². The highest BCUT2D eigenvalue weighted by atomic mass is 32.1. The molecule has 0 aliphatic heterocycles. The molecule has 0 fully saturated rings. The predicted octanol–water partition coefficient (Wildman–Crippen LogP) is 4.07. The second kappa shape index (κ2) is 5.63. The Hall–Kier alpha value is -1.19. The van der Waals surface area contributed by atoms with Gasteiger partial charge in [-0.1, -0.05) is 19.1 Å². The van der Waals surface area contributed by atoms with Gasteiger partial charge in [0.2, 0.25) is 0 Å². The summed E-state index contributed by atoms with van der Waals surface area (Å²) >= 11 is 1.81. The first-order valence-corrected chi connectivity index (χ1v) is 6.99. The van der Waals surface area contributed by atoms with E-state index in [9.17, 15) is 4.39 Å². The number of hydrogen-bond donors (Lipinski definition) is 1. The zero-order valence-corrected chi connectivity index (χ0v) is 11.8. The molecule has 1 aromatic heterocycles. The van der Waals surface area contributed by atoms with Gasteiger partial charge < -0.3 is 5.32 Å². The van der Waals surface area contributed by atoms with Crippen molar-refractivity contribution in [3.63, 3.8) is 0 Å². The van der Waals surface area contributed by atoms with E-state index in [1.165, 1.54) is 9.75 Å². The summed E-state index contributed by atoms with van der Waals surface area (Å²) in [5.74, 6) is -0.144. The third-order valence-electron chi connectivity index (χ3n) is 3.12. The standard InChI is InChI=1S/C15H18FNS/c1-4-12-6-8-14(18-12)15(17-3)11-5-7-13(16)10(2)9-11/h5-9,15,17H,4H2,1-3H3. The van der Waals surface area contributed by atoms with E-state index in [0.29, 0.717) is 5.56 Å². The Bertz CT molecular complexity index is 533. The first kappa shape index (κ1) is 13.2. The van der Waals surface area contributed by atoms with Crippen LogP contribution in [0.15, 0.2) is 30.3 Å². The molecule has 0 bridgehead atoms. The number of hydrogen-bond acceptors (Lipinski definition) is 2. The average Bonchev–Trinajstić information content (AvgIpc) is 2.83. The Kier molecular flexibility index (Phi) is 4.15. The van der Waals surface area contributed by atoms with Crippen molar-refractivity contribution in [2.24, 2.45) is 0 Å². The van der Waals surface area contributed by atoms with Crippen LogP contribution in [0.2, 0.25) is 0 Å². The fourth-order valence-corrected chi connectivity index (χ4v) is 3.15. The minimum Gasteiger partial charge on any atom is -0.309 e. The summed E-state index contributed by atoms with van der Waals surface area (Å²) in [5, 5.41) is 3.31. The molecule has 1 unspecified atom stereocenters. The molecule has 0 aliphatic carbocycles. The first-order chi connectivity index (χ1) is 8.65. The molecule has 0 amide bonds. The van der Waals surface area contributed by atoms with Crippen molar-refractivity contribution in [3.05, 3.63) is 57.0 Å². The van der Waals surface area contributed by atoms with Crippen LogP contribution in [0.3, 0.4) is 0 Å². The number of halogens is 1. The van der Waals surface area contributed by atoms with Crippen LogP contribution in [0, 0.1) is 12.7 Å². The SMILES string of the molecule is CCc1ccc(C(NC)c2ccc(F)c(C)c2)s1. The highest BCUT2D eigenvalue weighted by Crippen LogP contribution is 2.29. The van der Waals surface area contributed by atoms with E-state index < -0.39 is 0 Å². The summed E-state index contributed by atoms with van der Waals surface area (Å²) in [4.78, 5) is 2.66. The number of rotatable bonds is 4. The van der Waals surface area contributed by atoms with Gasteiger partial charge in [0.05, 0.1) is 6.04 Å². The molecule has 0 radical (unpaired) electrons. The molecular formula is C15H18FNS. The normalized spacial score (nSPS) is 12.7. The molecule has 1 nitrogen and oxygen atoms in total. The fraction of sp³-hybridized carbons (Fsp3) is 0.333. The van der Waals surface area contributed by atoms with Gasteiger partial charge in [-0.15, -0.1) is 11.3 Å². The van der Waals surface area contributed by atoms with Gasteiger partial charge in [0, 0.05) is 9.75 Å². The van der Waals surface area contributed by atoms with E-state index >= 15 is 0 Å². The molecule has 0 saturated heterocycles. The number of thiophene rings is 1. The lowest BCUT2D eigenvalue weighted by molar-refractivity contribution is 0.614. The minimum atomic E-state index is -0.144. The number of benzene rings is 1. The van der Waals surface area contributed by atoms with Gasteiger partial charge in [-0.3, -0.25) is 0 Å². The highest BCUT2D eigenvalue weighted by molar-refractivity contribution is 7.12. The van der Waals surface area contributed by atoms with Crippen LogP contribution in [-0.4, -0.2) is 7.05 Å². The van der Waals surface area contributed by atoms with E-state index in [2.05, 4.69) is 24.4 Å². The maximum absolute atomic E-state index is 13.3. The molecule has 1 atom stereocenters. The Morgan fingerprint density at radius 1 is 1.28 bits per heavy atom. The van der Waals surface area contributed by atoms with Gasteiger partial charge in [-0.05, 0) is 49.7 Å². The van der Waals surface area contributed by atoms with Gasteiger partial charge in [-0.25, -0.2) is 4.39 Å². The third-order valence-corrected chi connectivity index (χ3v) is 4.41. The largest absolute Gasteiger partial charge is 0.309 e. The second-order valence-corrected chi connectivity index (χ2v) is 5.59. The first-order valence-electron chi connectivity index (χ1n) is 6.17. The molecule has 0 aliphatic rings. The smallest absolute Gasteiger partial charge is 0.126 e. The van der Waals surface area contributed by atoms with Gasteiger partial charge in [0.25, 0.3) is 0 Å². The van der Waals surface area contributed by atoms with Crippen LogP contribution < -0.4 is 5.32 Å². The molecule has 3 heteroatoms. The number of aryl methyl sites for hydroxylation is 2. The molecule has 0 spiro atoms. The molecule has 2 aromatic rings. The lowest BCUT2D eigenvalue weighted by Crippen LogP contribution is -2.16. The lowest BCUT2D eigenvalue weighted by Gasteiger charge is -2.15. The third kappa shape index (κ3) is 2.62. The van der Waals surface area contributed by atoms with Crippen LogP contribution >= 0.6 is 11.3 Å². The molecule has 0 saturated carbocycles. The lowest BCUT2D eigenvalue weighted by atomic mass is 10.0. The Morgan fingerprint density at radius 2 is 2.06 bits per heavy atom. The maximum atomic E-state index is 13.3. The predicted molar refractivity (Wildman–Crippen MR) is 75.7 cm³/mol. The molecule has 2 rings (SSSR count). The summed E-state index contributed by atoms with van der Waals surface area (Å²) in [6.07, 6.45) is 1.06. The van der Waals surface area contributed by atoms with Crippen molar-refractivity contribution in [1.29, 1.82) is 0 Å². The topological polar surface area (TPSA) is 12.0 Å². The molecule has 96 valence electrons. The van der Waals surface area contributed by atoms with Crippen molar-refractivity contribution in [3.8, 4) is 0 Å². The summed E-state index contributed by atoms with van der Waals surface area (Å²) in [5.41, 5.74) is 1.81. The molecular weight excluding hydrogens is 245 g/mol. The number of nitrogens with one attached hydrogen (secondary N) is 1. The Labute approximate surface area is 112 Å². The van der Waals surface area contributed by atoms with Crippen LogP contribution in [0.25, 0.3) is 0 Å². The van der Waals surface area contributed by atoms with Crippen molar-refractivity contribution in [2.75, 3.05) is 7.05 Å². The average molecular weight is 263 g/mol. The van der Waals surface area contributed by atoms with Gasteiger partial charge in [0.1, 0.15) is 5.82 Å². The van der Waals surface area contributed by atoms with E-state index in [-0.39, 0.29) is 11.9 Å². The van der Waals surface area contributed by atoms with Gasteiger partial charge >= 0.3 is 0 Å². The van der Waals surface area contributed by atoms with Crippen molar-refractivity contribution in [1.82, 2.24) is 5.32 Å². The van der Waals surface area contributed by atoms with E-state index in [1.807, 2.05) is 30.5 Å². The van der Waals surface area contributed by atoms with Crippen LogP contribution in [-0.2, 0) is 6.42 Å². The monoisotopic (exact) mass is 263 g/mol. The molecule has 18 heavy (non-hydrogen) atoms. The highest BCUT2D eigenvalue weighted by Gasteiger charge is 2.15. The van der Waals surface area contributed by atoms with E-state index in [0.717, 1.165) is 12.0 Å². The van der Waals surface area contributed by atoms with Crippen molar-refractivity contribution < 1.29 is 4.39 Å². The summed E-state index contributed by atoms with van der Waals surface area (Å²) in [6, 6.07) is 9.79. The quantitative estimate of drug-likeness (QED) is 0.877. The van der Waals surface area contributed by atoms with Gasteiger partial charge in [-0.2, -0.15) is 0 Å². The molecule has 1 aromatic carbocycles. The maximum Gasteiger partial charge on any atom is 0.126 e. The fourth-order valence-electron chi connectivity index (χ4n) is 2.06. The second-order valence-electron chi connectivity index (χ2n) is 4.39. The van der Waals surface area contributed by atoms with Crippen LogP contribution in [0.5, 0.6) is 0 Å². The zero-order valence-electron chi connectivity index (χ0n) is 11.0. The summed E-state index contributed by atoms with van der Waals surface area (Å²) < 4.78 is 13.3.